The number of nitrogens with zero attached hydrogens (tertiary/aromatic N) is 3. The molecule has 140 valence electrons. The van der Waals surface area contributed by atoms with Gasteiger partial charge in [-0.2, -0.15) is 5.10 Å². The Kier molecular flexibility index (Phi) is 5.16. The fourth-order valence-corrected chi connectivity index (χ4v) is 3.28. The fraction of sp³-hybridized carbons (Fsp3) is 0.0952. The lowest BCUT2D eigenvalue weighted by molar-refractivity contribution is 0.415. The van der Waals surface area contributed by atoms with Gasteiger partial charge in [-0.25, -0.2) is 9.97 Å². The topological polar surface area (TPSA) is 75.2 Å². The molecule has 0 atom stereocenters. The summed E-state index contributed by atoms with van der Waals surface area (Å²) in [7, 11) is 1.66. The van der Waals surface area contributed by atoms with Gasteiger partial charge in [0.05, 0.1) is 23.8 Å². The Hall–Kier alpha value is -3.45. The van der Waals surface area contributed by atoms with Gasteiger partial charge in [0, 0.05) is 5.38 Å². The summed E-state index contributed by atoms with van der Waals surface area (Å²) in [4.78, 5) is 12.4. The third kappa shape index (κ3) is 4.10. The van der Waals surface area contributed by atoms with E-state index in [0.29, 0.717) is 11.5 Å². The summed E-state index contributed by atoms with van der Waals surface area (Å²) in [6.07, 6.45) is 3.91. The molecule has 0 aliphatic heterocycles. The van der Waals surface area contributed by atoms with Crippen molar-refractivity contribution < 1.29 is 4.74 Å². The monoisotopic (exact) mass is 389 g/mol. The van der Waals surface area contributed by atoms with Gasteiger partial charge in [-0.05, 0) is 42.8 Å². The van der Waals surface area contributed by atoms with Crippen LogP contribution in [0.15, 0.2) is 65.1 Å². The van der Waals surface area contributed by atoms with Crippen LogP contribution in [0.2, 0.25) is 0 Å². The maximum Gasteiger partial charge on any atom is 0.203 e. The first-order valence-corrected chi connectivity index (χ1v) is 9.62. The van der Waals surface area contributed by atoms with E-state index in [0.717, 1.165) is 33.2 Å². The lowest BCUT2D eigenvalue weighted by Crippen LogP contribution is -2.03. The van der Waals surface area contributed by atoms with E-state index in [2.05, 4.69) is 25.5 Å². The van der Waals surface area contributed by atoms with Gasteiger partial charge in [0.2, 0.25) is 5.13 Å². The molecule has 4 rings (SSSR count). The van der Waals surface area contributed by atoms with E-state index in [1.54, 1.807) is 7.11 Å². The van der Waals surface area contributed by atoms with Crippen molar-refractivity contribution in [3.63, 3.8) is 0 Å². The fourth-order valence-electron chi connectivity index (χ4n) is 2.65. The molecule has 2 N–H and O–H groups in total. The van der Waals surface area contributed by atoms with Gasteiger partial charge >= 0.3 is 0 Å². The number of para-hydroxylation sites is 2. The lowest BCUT2D eigenvalue weighted by Gasteiger charge is -2.01. The molecule has 0 fully saturated rings. The second-order valence-electron chi connectivity index (χ2n) is 6.11. The van der Waals surface area contributed by atoms with Crippen molar-refractivity contribution >= 4 is 39.3 Å². The first kappa shape index (κ1) is 17.9. The molecule has 0 aliphatic rings. The minimum Gasteiger partial charge on any atom is -0.497 e. The molecule has 0 amide bonds. The zero-order valence-corrected chi connectivity index (χ0v) is 16.3. The second-order valence-corrected chi connectivity index (χ2v) is 6.97. The summed E-state index contributed by atoms with van der Waals surface area (Å²) >= 11 is 1.51. The van der Waals surface area contributed by atoms with Crippen molar-refractivity contribution in [2.45, 2.75) is 6.92 Å². The molecule has 0 spiro atoms. The van der Waals surface area contributed by atoms with E-state index < -0.39 is 0 Å². The van der Waals surface area contributed by atoms with Crippen LogP contribution in [0.25, 0.3) is 17.1 Å². The Labute approximate surface area is 166 Å². The number of aromatic nitrogens is 3. The normalized spacial score (nSPS) is 12.0. The Morgan fingerprint density at radius 3 is 2.68 bits per heavy atom. The number of aryl methyl sites for hydroxylation is 1. The molecule has 0 bridgehead atoms. The van der Waals surface area contributed by atoms with Crippen LogP contribution in [0.3, 0.4) is 0 Å². The van der Waals surface area contributed by atoms with Crippen LogP contribution in [0.4, 0.5) is 5.13 Å². The molecule has 7 heteroatoms. The molecule has 0 radical (unpaired) electrons. The van der Waals surface area contributed by atoms with Crippen LogP contribution in [-0.2, 0) is 0 Å². The number of hydrogen-bond acceptors (Lipinski definition) is 6. The molecule has 2 aromatic carbocycles. The highest BCUT2D eigenvalue weighted by Gasteiger charge is 2.08. The number of H-pyrrole nitrogens is 1. The number of anilines is 1. The van der Waals surface area contributed by atoms with Crippen molar-refractivity contribution in [3.05, 3.63) is 77.1 Å². The Morgan fingerprint density at radius 1 is 1.14 bits per heavy atom. The number of benzene rings is 2. The first-order chi connectivity index (χ1) is 13.7. The summed E-state index contributed by atoms with van der Waals surface area (Å²) in [6.45, 7) is 1.95. The number of thiazole rings is 1. The summed E-state index contributed by atoms with van der Waals surface area (Å²) in [5.74, 6) is 1.51. The van der Waals surface area contributed by atoms with E-state index in [4.69, 9.17) is 4.74 Å². The van der Waals surface area contributed by atoms with Gasteiger partial charge in [0.1, 0.15) is 11.5 Å². The van der Waals surface area contributed by atoms with Crippen LogP contribution in [0.5, 0.6) is 5.75 Å². The molecule has 28 heavy (non-hydrogen) atoms. The van der Waals surface area contributed by atoms with Gasteiger partial charge in [-0.1, -0.05) is 30.3 Å². The number of methoxy groups -OCH3 is 1. The van der Waals surface area contributed by atoms with Crippen LogP contribution >= 0.6 is 11.3 Å². The molecule has 0 aliphatic carbocycles. The van der Waals surface area contributed by atoms with Gasteiger partial charge in [0.25, 0.3) is 0 Å². The van der Waals surface area contributed by atoms with E-state index in [1.807, 2.05) is 73.0 Å². The molecule has 0 saturated carbocycles. The Morgan fingerprint density at radius 2 is 1.96 bits per heavy atom. The van der Waals surface area contributed by atoms with Crippen molar-refractivity contribution in [3.8, 4) is 5.75 Å². The molecule has 0 saturated heterocycles. The largest absolute Gasteiger partial charge is 0.497 e. The van der Waals surface area contributed by atoms with Gasteiger partial charge in [-0.3, -0.25) is 5.43 Å². The van der Waals surface area contributed by atoms with Crippen LogP contribution in [-0.4, -0.2) is 27.8 Å². The zero-order valence-electron chi connectivity index (χ0n) is 15.5. The Bertz CT molecular complexity index is 1110. The minimum absolute atomic E-state index is 0.680. The van der Waals surface area contributed by atoms with E-state index in [-0.39, 0.29) is 0 Å². The van der Waals surface area contributed by atoms with Crippen molar-refractivity contribution in [2.75, 3.05) is 12.5 Å². The van der Waals surface area contributed by atoms with E-state index in [1.165, 1.54) is 11.3 Å². The molecule has 2 heterocycles. The number of hydrogen-bond donors (Lipinski definition) is 2. The van der Waals surface area contributed by atoms with Crippen molar-refractivity contribution in [1.29, 1.82) is 0 Å². The maximum absolute atomic E-state index is 5.21. The summed E-state index contributed by atoms with van der Waals surface area (Å²) in [5.41, 5.74) is 7.57. The third-order valence-electron chi connectivity index (χ3n) is 4.07. The zero-order chi connectivity index (χ0) is 19.3. The number of ether oxygens (including phenoxy) is 1. The number of hydrazone groups is 1. The van der Waals surface area contributed by atoms with Crippen LogP contribution in [0, 0.1) is 6.92 Å². The molecule has 0 unspecified atom stereocenters. The average Bonchev–Trinajstić information content (AvgIpc) is 3.34. The van der Waals surface area contributed by atoms with E-state index >= 15 is 0 Å². The predicted molar refractivity (Wildman–Crippen MR) is 115 cm³/mol. The summed E-state index contributed by atoms with van der Waals surface area (Å²) in [5, 5.41) is 7.25. The average molecular weight is 389 g/mol. The van der Waals surface area contributed by atoms with Gasteiger partial charge in [0.15, 0.2) is 5.82 Å². The van der Waals surface area contributed by atoms with Gasteiger partial charge < -0.3 is 9.72 Å². The smallest absolute Gasteiger partial charge is 0.203 e. The molecule has 2 aromatic heterocycles. The number of imidazole rings is 1. The number of aromatic amines is 1. The number of rotatable bonds is 6. The van der Waals surface area contributed by atoms with Gasteiger partial charge in [-0.15, -0.1) is 11.3 Å². The highest BCUT2D eigenvalue weighted by atomic mass is 32.1. The number of allylic oxidation sites excluding steroid dienone is 1. The second kappa shape index (κ2) is 8.06. The maximum atomic E-state index is 5.21. The molecular weight excluding hydrogens is 370 g/mol. The first-order valence-electron chi connectivity index (χ1n) is 8.74. The van der Waals surface area contributed by atoms with Crippen molar-refractivity contribution in [1.82, 2.24) is 15.0 Å². The predicted octanol–water partition coefficient (Wildman–Crippen LogP) is 4.87. The third-order valence-corrected chi connectivity index (χ3v) is 4.94. The molecule has 4 aromatic rings. The number of fused-ring (bicyclic) bond motifs is 1. The van der Waals surface area contributed by atoms with E-state index in [9.17, 15) is 0 Å². The highest BCUT2D eigenvalue weighted by molar-refractivity contribution is 7.13. The minimum atomic E-state index is 0.680. The lowest BCUT2D eigenvalue weighted by atomic mass is 10.2. The summed E-state index contributed by atoms with van der Waals surface area (Å²) < 4.78 is 5.21. The van der Waals surface area contributed by atoms with Crippen molar-refractivity contribution in [2.24, 2.45) is 5.10 Å². The Balaban J connectivity index is 1.66. The van der Waals surface area contributed by atoms with Crippen LogP contribution < -0.4 is 10.2 Å². The quantitative estimate of drug-likeness (QED) is 0.364. The number of nitrogens with one attached hydrogen (secondary N) is 2. The standard InChI is InChI=1S/C21H19N5OS/c1-14-13-28-21(22-14)26-25-19(12-9-15-7-10-16(27-2)11-8-15)20-23-17-5-3-4-6-18(17)24-20/h3-13H,1-2H3,(H,22,26)(H,23,24)/b12-9+,25-19-. The SMILES string of the molecule is COc1ccc(/C=C/C(=N/Nc2nc(C)cs2)c2nc3ccccc3[nH]2)cc1. The molecular formula is C21H19N5OS. The van der Waals surface area contributed by atoms with Crippen LogP contribution in [0.1, 0.15) is 17.1 Å². The molecule has 6 nitrogen and oxygen atoms in total. The summed E-state index contributed by atoms with van der Waals surface area (Å²) in [6, 6.07) is 15.7. The highest BCUT2D eigenvalue weighted by Crippen LogP contribution is 2.17.